The molecule has 8 heteroatoms. The first kappa shape index (κ1) is 11.4. The van der Waals surface area contributed by atoms with Gasteiger partial charge in [-0.1, -0.05) is 17.0 Å². The van der Waals surface area contributed by atoms with Crippen molar-refractivity contribution < 1.29 is 4.84 Å². The molecule has 0 radical (unpaired) electrons. The van der Waals surface area contributed by atoms with Crippen LogP contribution in [0.4, 0.5) is 0 Å². The smallest absolute Gasteiger partial charge is 0.276 e. The number of benzene rings is 1. The summed E-state index contributed by atoms with van der Waals surface area (Å²) in [4.78, 5) is 11.2. The maximum Gasteiger partial charge on any atom is 0.276 e. The summed E-state index contributed by atoms with van der Waals surface area (Å²) >= 11 is 3.40. The van der Waals surface area contributed by atoms with Crippen molar-refractivity contribution in [3.05, 3.63) is 47.3 Å². The van der Waals surface area contributed by atoms with Crippen LogP contribution >= 0.6 is 15.9 Å². The second-order valence-corrected chi connectivity index (χ2v) is 5.01. The SMILES string of the molecule is Brc1cc2c(On3nnc4ccccc43)ncnn2c1. The maximum atomic E-state index is 5.71. The molecule has 0 aliphatic carbocycles. The number of hydrogen-bond acceptors (Lipinski definition) is 5. The third-order valence-corrected chi connectivity index (χ3v) is 3.27. The minimum atomic E-state index is 0.404. The van der Waals surface area contributed by atoms with E-state index in [1.54, 1.807) is 4.52 Å². The molecule has 3 aromatic heterocycles. The van der Waals surface area contributed by atoms with Crippen LogP contribution in [0.3, 0.4) is 0 Å². The van der Waals surface area contributed by atoms with Crippen LogP contribution in [-0.4, -0.2) is 29.8 Å². The van der Waals surface area contributed by atoms with E-state index in [-0.39, 0.29) is 0 Å². The van der Waals surface area contributed by atoms with Crippen molar-refractivity contribution in [3.63, 3.8) is 0 Å². The van der Waals surface area contributed by atoms with Gasteiger partial charge in [0.05, 0.1) is 0 Å². The predicted octanol–water partition coefficient (Wildman–Crippen LogP) is 2.08. The van der Waals surface area contributed by atoms with Gasteiger partial charge in [0.15, 0.2) is 0 Å². The van der Waals surface area contributed by atoms with E-state index in [1.165, 1.54) is 11.2 Å². The molecule has 0 unspecified atom stereocenters. The highest BCUT2D eigenvalue weighted by molar-refractivity contribution is 9.10. The van der Waals surface area contributed by atoms with Crippen molar-refractivity contribution >= 4 is 32.5 Å². The number of fused-ring (bicyclic) bond motifs is 2. The van der Waals surface area contributed by atoms with Gasteiger partial charge in [-0.2, -0.15) is 10.1 Å². The zero-order valence-corrected chi connectivity index (χ0v) is 11.6. The fourth-order valence-electron chi connectivity index (χ4n) is 1.94. The summed E-state index contributed by atoms with van der Waals surface area (Å²) in [6.07, 6.45) is 3.25. The minimum Gasteiger partial charge on any atom is -0.333 e. The lowest BCUT2D eigenvalue weighted by Crippen LogP contribution is -2.09. The number of nitrogens with zero attached hydrogens (tertiary/aromatic N) is 6. The molecule has 4 rings (SSSR count). The molecule has 0 aliphatic heterocycles. The van der Waals surface area contributed by atoms with E-state index in [1.807, 2.05) is 36.5 Å². The number of rotatable bonds is 2. The molecule has 1 aromatic carbocycles. The second-order valence-electron chi connectivity index (χ2n) is 4.10. The van der Waals surface area contributed by atoms with E-state index < -0.39 is 0 Å². The average Bonchev–Trinajstić information content (AvgIpc) is 3.03. The summed E-state index contributed by atoms with van der Waals surface area (Å²) in [7, 11) is 0. The first-order valence-corrected chi connectivity index (χ1v) is 6.58. The fraction of sp³-hybridized carbons (Fsp3) is 0. The molecule has 3 heterocycles. The number of halogens is 1. The highest BCUT2D eigenvalue weighted by Gasteiger charge is 2.11. The molecule has 0 fully saturated rings. The van der Waals surface area contributed by atoms with Gasteiger partial charge >= 0.3 is 0 Å². The van der Waals surface area contributed by atoms with Gasteiger partial charge in [-0.05, 0) is 39.3 Å². The van der Waals surface area contributed by atoms with E-state index in [2.05, 4.69) is 36.3 Å². The zero-order valence-electron chi connectivity index (χ0n) is 10.0. The summed E-state index contributed by atoms with van der Waals surface area (Å²) < 4.78 is 2.57. The Morgan fingerprint density at radius 3 is 3.00 bits per heavy atom. The van der Waals surface area contributed by atoms with Gasteiger partial charge < -0.3 is 4.84 Å². The predicted molar refractivity (Wildman–Crippen MR) is 74.2 cm³/mol. The number of para-hydroxylation sites is 1. The lowest BCUT2D eigenvalue weighted by Gasteiger charge is -2.04. The van der Waals surface area contributed by atoms with E-state index in [9.17, 15) is 0 Å². The van der Waals surface area contributed by atoms with Gasteiger partial charge in [-0.15, -0.1) is 5.10 Å². The van der Waals surface area contributed by atoms with Crippen LogP contribution in [0, 0.1) is 0 Å². The van der Waals surface area contributed by atoms with Crippen molar-refractivity contribution in [1.82, 2.24) is 29.8 Å². The quantitative estimate of drug-likeness (QED) is 0.562. The van der Waals surface area contributed by atoms with Crippen molar-refractivity contribution in [2.75, 3.05) is 0 Å². The highest BCUT2D eigenvalue weighted by Crippen LogP contribution is 2.22. The van der Waals surface area contributed by atoms with Crippen LogP contribution in [0.15, 0.2) is 47.3 Å². The van der Waals surface area contributed by atoms with Crippen molar-refractivity contribution in [1.29, 1.82) is 0 Å². The summed E-state index contributed by atoms with van der Waals surface area (Å²) in [5.41, 5.74) is 2.27. The third-order valence-electron chi connectivity index (χ3n) is 2.83. The van der Waals surface area contributed by atoms with Crippen LogP contribution < -0.4 is 4.84 Å². The molecule has 0 atom stereocenters. The largest absolute Gasteiger partial charge is 0.333 e. The third kappa shape index (κ3) is 1.73. The Bertz CT molecular complexity index is 915. The first-order valence-electron chi connectivity index (χ1n) is 5.79. The Kier molecular flexibility index (Phi) is 2.43. The average molecular weight is 331 g/mol. The molecule has 0 saturated heterocycles. The van der Waals surface area contributed by atoms with Crippen molar-refractivity contribution in [2.45, 2.75) is 0 Å². The molecule has 0 amide bonds. The Hall–Kier alpha value is -2.48. The van der Waals surface area contributed by atoms with Gasteiger partial charge in [0, 0.05) is 10.7 Å². The van der Waals surface area contributed by atoms with E-state index in [4.69, 9.17) is 4.84 Å². The molecular weight excluding hydrogens is 324 g/mol. The lowest BCUT2D eigenvalue weighted by atomic mass is 10.3. The Balaban J connectivity index is 1.84. The normalized spacial score (nSPS) is 11.2. The van der Waals surface area contributed by atoms with Crippen molar-refractivity contribution in [3.8, 4) is 5.88 Å². The molecule has 0 aliphatic rings. The maximum absolute atomic E-state index is 5.71. The molecular formula is C12H7BrN6O. The molecule has 0 saturated carbocycles. The Labute approximate surface area is 120 Å². The number of hydrogen-bond donors (Lipinski definition) is 0. The van der Waals surface area contributed by atoms with Gasteiger partial charge in [-0.3, -0.25) is 0 Å². The molecule has 7 nitrogen and oxygen atoms in total. The molecule has 4 aromatic rings. The molecule has 98 valence electrons. The topological polar surface area (TPSA) is 70.1 Å². The van der Waals surface area contributed by atoms with Crippen LogP contribution in [-0.2, 0) is 0 Å². The Morgan fingerprint density at radius 2 is 2.05 bits per heavy atom. The van der Waals surface area contributed by atoms with Gasteiger partial charge in [0.2, 0.25) is 0 Å². The van der Waals surface area contributed by atoms with Crippen LogP contribution in [0.25, 0.3) is 16.6 Å². The van der Waals surface area contributed by atoms with E-state index >= 15 is 0 Å². The van der Waals surface area contributed by atoms with Crippen LogP contribution in [0.1, 0.15) is 0 Å². The van der Waals surface area contributed by atoms with Gasteiger partial charge in [0.1, 0.15) is 22.9 Å². The summed E-state index contributed by atoms with van der Waals surface area (Å²) in [6.45, 7) is 0. The molecule has 0 spiro atoms. The lowest BCUT2D eigenvalue weighted by molar-refractivity contribution is 0.177. The van der Waals surface area contributed by atoms with E-state index in [0.29, 0.717) is 5.88 Å². The first-order chi connectivity index (χ1) is 9.81. The zero-order chi connectivity index (χ0) is 13.5. The minimum absolute atomic E-state index is 0.404. The molecule has 20 heavy (non-hydrogen) atoms. The second kappa shape index (κ2) is 4.27. The Morgan fingerprint density at radius 1 is 1.15 bits per heavy atom. The van der Waals surface area contributed by atoms with Crippen LogP contribution in [0.2, 0.25) is 0 Å². The molecule has 0 bridgehead atoms. The van der Waals surface area contributed by atoms with Gasteiger partial charge in [0.25, 0.3) is 5.88 Å². The monoisotopic (exact) mass is 330 g/mol. The fourth-order valence-corrected chi connectivity index (χ4v) is 2.35. The molecule has 0 N–H and O–H groups in total. The van der Waals surface area contributed by atoms with Crippen molar-refractivity contribution in [2.24, 2.45) is 0 Å². The van der Waals surface area contributed by atoms with Crippen LogP contribution in [0.5, 0.6) is 5.88 Å². The summed E-state index contributed by atoms with van der Waals surface area (Å²) in [6, 6.07) is 9.41. The highest BCUT2D eigenvalue weighted by atomic mass is 79.9. The summed E-state index contributed by atoms with van der Waals surface area (Å²) in [5, 5.41) is 12.1. The van der Waals surface area contributed by atoms with E-state index in [0.717, 1.165) is 21.0 Å². The van der Waals surface area contributed by atoms with Gasteiger partial charge in [-0.25, -0.2) is 4.52 Å². The standard InChI is InChI=1S/C12H7BrN6O/c13-8-5-11-12(14-7-15-18(11)6-8)20-19-10-4-2-1-3-9(10)16-17-19/h1-7H. The number of aromatic nitrogens is 6. The summed E-state index contributed by atoms with van der Waals surface area (Å²) in [5.74, 6) is 0.404.